The summed E-state index contributed by atoms with van der Waals surface area (Å²) >= 11 is 6.09. The van der Waals surface area contributed by atoms with Crippen LogP contribution in [0.3, 0.4) is 0 Å². The minimum Gasteiger partial charge on any atom is -0.496 e. The summed E-state index contributed by atoms with van der Waals surface area (Å²) in [5.74, 6) is 1.25. The second-order valence-electron chi connectivity index (χ2n) is 3.71. The molecule has 17 heavy (non-hydrogen) atoms. The molecule has 0 aliphatic heterocycles. The molecular formula is C12H14ClN3O. The molecule has 0 aliphatic rings. The van der Waals surface area contributed by atoms with Gasteiger partial charge in [-0.2, -0.15) is 5.10 Å². The fourth-order valence-corrected chi connectivity index (χ4v) is 2.07. The van der Waals surface area contributed by atoms with E-state index in [4.69, 9.17) is 22.1 Å². The molecule has 0 fully saturated rings. The Morgan fingerprint density at radius 3 is 2.71 bits per heavy atom. The summed E-state index contributed by atoms with van der Waals surface area (Å²) in [6.07, 6.45) is 0.848. The predicted octanol–water partition coefficient (Wildman–Crippen LogP) is 2.88. The number of aromatic nitrogens is 2. The van der Waals surface area contributed by atoms with Crippen molar-refractivity contribution in [1.29, 1.82) is 0 Å². The number of methoxy groups -OCH3 is 1. The Kier molecular flexibility index (Phi) is 3.24. The Hall–Kier alpha value is -1.68. The van der Waals surface area contributed by atoms with Crippen LogP contribution >= 0.6 is 11.6 Å². The predicted molar refractivity (Wildman–Crippen MR) is 69.4 cm³/mol. The lowest BCUT2D eigenvalue weighted by atomic mass is 10.0. The third-order valence-electron chi connectivity index (χ3n) is 2.60. The molecule has 1 heterocycles. The van der Waals surface area contributed by atoms with Gasteiger partial charge in [0.25, 0.3) is 0 Å². The molecule has 0 radical (unpaired) electrons. The molecule has 0 spiro atoms. The molecule has 2 aromatic rings. The molecule has 0 aliphatic carbocycles. The van der Waals surface area contributed by atoms with E-state index in [1.165, 1.54) is 0 Å². The number of hydrogen-bond donors (Lipinski definition) is 2. The molecule has 0 amide bonds. The summed E-state index contributed by atoms with van der Waals surface area (Å²) in [6.45, 7) is 2.05. The topological polar surface area (TPSA) is 63.9 Å². The van der Waals surface area contributed by atoms with Crippen molar-refractivity contribution < 1.29 is 4.74 Å². The van der Waals surface area contributed by atoms with Crippen molar-refractivity contribution in [2.24, 2.45) is 0 Å². The number of nitrogens with two attached hydrogens (primary N) is 1. The molecule has 0 saturated heterocycles. The van der Waals surface area contributed by atoms with Crippen LogP contribution in [0, 0.1) is 0 Å². The number of halogens is 1. The van der Waals surface area contributed by atoms with Gasteiger partial charge in [-0.1, -0.05) is 18.5 Å². The van der Waals surface area contributed by atoms with Crippen LogP contribution in [0.5, 0.6) is 5.75 Å². The second kappa shape index (κ2) is 4.67. The summed E-state index contributed by atoms with van der Waals surface area (Å²) in [4.78, 5) is 0. The van der Waals surface area contributed by atoms with Gasteiger partial charge < -0.3 is 10.5 Å². The molecule has 3 N–H and O–H groups in total. The highest BCUT2D eigenvalue weighted by Crippen LogP contribution is 2.35. The number of anilines is 1. The number of nitrogens with one attached hydrogen (secondary N) is 1. The van der Waals surface area contributed by atoms with Gasteiger partial charge in [0.15, 0.2) is 0 Å². The maximum absolute atomic E-state index is 6.09. The maximum atomic E-state index is 6.09. The minimum absolute atomic E-state index is 0.445. The Labute approximate surface area is 105 Å². The number of nitrogens with zero attached hydrogens (tertiary/aromatic N) is 1. The molecule has 1 aromatic heterocycles. The monoisotopic (exact) mass is 251 g/mol. The maximum Gasteiger partial charge on any atom is 0.145 e. The van der Waals surface area contributed by atoms with Crippen LogP contribution in [0.25, 0.3) is 11.3 Å². The van der Waals surface area contributed by atoms with Crippen molar-refractivity contribution in [3.63, 3.8) is 0 Å². The van der Waals surface area contributed by atoms with Crippen LogP contribution in [0.15, 0.2) is 18.2 Å². The van der Waals surface area contributed by atoms with Crippen molar-refractivity contribution in [2.45, 2.75) is 13.3 Å². The van der Waals surface area contributed by atoms with E-state index >= 15 is 0 Å². The fraction of sp³-hybridized carbons (Fsp3) is 0.250. The lowest BCUT2D eigenvalue weighted by Crippen LogP contribution is -1.94. The number of ether oxygens (including phenoxy) is 1. The third-order valence-corrected chi connectivity index (χ3v) is 2.82. The van der Waals surface area contributed by atoms with E-state index in [2.05, 4.69) is 17.1 Å². The van der Waals surface area contributed by atoms with Crippen LogP contribution in [0.2, 0.25) is 5.02 Å². The van der Waals surface area contributed by atoms with E-state index in [-0.39, 0.29) is 0 Å². The first-order valence-corrected chi connectivity index (χ1v) is 5.71. The van der Waals surface area contributed by atoms with Crippen LogP contribution in [0.1, 0.15) is 12.5 Å². The Morgan fingerprint density at radius 2 is 2.18 bits per heavy atom. The van der Waals surface area contributed by atoms with Gasteiger partial charge in [-0.25, -0.2) is 0 Å². The normalized spacial score (nSPS) is 10.5. The molecule has 2 rings (SSSR count). The highest BCUT2D eigenvalue weighted by molar-refractivity contribution is 6.31. The SMILES string of the molecule is CCc1cc(Cl)cc(-c2cc(N)n[nH]2)c1OC. The molecule has 0 unspecified atom stereocenters. The zero-order valence-electron chi connectivity index (χ0n) is 9.75. The lowest BCUT2D eigenvalue weighted by molar-refractivity contribution is 0.411. The standard InChI is InChI=1S/C12H14ClN3O/c1-3-7-4-8(13)5-9(12(7)17-2)10-6-11(14)16-15-10/h4-6H,3H2,1-2H3,(H3,14,15,16). The molecule has 0 bridgehead atoms. The highest BCUT2D eigenvalue weighted by Gasteiger charge is 2.13. The van der Waals surface area contributed by atoms with Crippen LogP contribution in [-0.2, 0) is 6.42 Å². The Bertz CT molecular complexity index is 537. The Balaban J connectivity index is 2.63. The quantitative estimate of drug-likeness (QED) is 0.882. The van der Waals surface area contributed by atoms with Gasteiger partial charge in [0.1, 0.15) is 11.6 Å². The molecule has 5 heteroatoms. The molecule has 1 aromatic carbocycles. The minimum atomic E-state index is 0.445. The van der Waals surface area contributed by atoms with E-state index in [1.54, 1.807) is 13.2 Å². The number of benzene rings is 1. The van der Waals surface area contributed by atoms with Crippen molar-refractivity contribution in [2.75, 3.05) is 12.8 Å². The van der Waals surface area contributed by atoms with Gasteiger partial charge in [0.2, 0.25) is 0 Å². The van der Waals surface area contributed by atoms with E-state index in [0.29, 0.717) is 10.8 Å². The summed E-state index contributed by atoms with van der Waals surface area (Å²) in [6, 6.07) is 5.50. The summed E-state index contributed by atoms with van der Waals surface area (Å²) in [5, 5.41) is 7.44. The van der Waals surface area contributed by atoms with E-state index in [9.17, 15) is 0 Å². The van der Waals surface area contributed by atoms with Crippen LogP contribution in [0.4, 0.5) is 5.82 Å². The molecule has 4 nitrogen and oxygen atoms in total. The van der Waals surface area contributed by atoms with Gasteiger partial charge in [-0.15, -0.1) is 0 Å². The molecular weight excluding hydrogens is 238 g/mol. The summed E-state index contributed by atoms with van der Waals surface area (Å²) < 4.78 is 5.44. The smallest absolute Gasteiger partial charge is 0.145 e. The molecule has 0 saturated carbocycles. The third kappa shape index (κ3) is 2.22. The van der Waals surface area contributed by atoms with Gasteiger partial charge in [0, 0.05) is 16.7 Å². The first-order chi connectivity index (χ1) is 8.15. The van der Waals surface area contributed by atoms with Crippen LogP contribution in [-0.4, -0.2) is 17.3 Å². The number of hydrogen-bond acceptors (Lipinski definition) is 3. The van der Waals surface area contributed by atoms with Gasteiger partial charge in [-0.05, 0) is 24.1 Å². The summed E-state index contributed by atoms with van der Waals surface area (Å²) in [7, 11) is 1.64. The lowest BCUT2D eigenvalue weighted by Gasteiger charge is -2.12. The fourth-order valence-electron chi connectivity index (χ4n) is 1.83. The first kappa shape index (κ1) is 11.8. The zero-order valence-corrected chi connectivity index (χ0v) is 10.5. The van der Waals surface area contributed by atoms with Gasteiger partial charge >= 0.3 is 0 Å². The average molecular weight is 252 g/mol. The number of aryl methyl sites for hydroxylation is 1. The van der Waals surface area contributed by atoms with Gasteiger partial charge in [0.05, 0.1) is 12.8 Å². The average Bonchev–Trinajstić information content (AvgIpc) is 2.74. The zero-order chi connectivity index (χ0) is 12.4. The number of H-pyrrole nitrogens is 1. The van der Waals surface area contributed by atoms with Crippen LogP contribution < -0.4 is 10.5 Å². The van der Waals surface area contributed by atoms with Gasteiger partial charge in [-0.3, -0.25) is 5.10 Å². The summed E-state index contributed by atoms with van der Waals surface area (Å²) in [5.41, 5.74) is 8.34. The Morgan fingerprint density at radius 1 is 1.41 bits per heavy atom. The van der Waals surface area contributed by atoms with E-state index < -0.39 is 0 Å². The van der Waals surface area contributed by atoms with Crippen molar-refractivity contribution >= 4 is 17.4 Å². The molecule has 0 atom stereocenters. The molecule has 90 valence electrons. The second-order valence-corrected chi connectivity index (χ2v) is 4.14. The largest absolute Gasteiger partial charge is 0.496 e. The van der Waals surface area contributed by atoms with Crippen molar-refractivity contribution in [3.05, 3.63) is 28.8 Å². The van der Waals surface area contributed by atoms with E-state index in [0.717, 1.165) is 29.0 Å². The van der Waals surface area contributed by atoms with Crippen molar-refractivity contribution in [1.82, 2.24) is 10.2 Å². The number of nitrogen functional groups attached to an aromatic ring is 1. The number of aromatic amines is 1. The number of rotatable bonds is 3. The van der Waals surface area contributed by atoms with Crippen molar-refractivity contribution in [3.8, 4) is 17.0 Å². The highest BCUT2D eigenvalue weighted by atomic mass is 35.5. The van der Waals surface area contributed by atoms with E-state index in [1.807, 2.05) is 12.1 Å². The first-order valence-electron chi connectivity index (χ1n) is 5.33.